The van der Waals surface area contributed by atoms with Crippen LogP contribution in [0.25, 0.3) is 0 Å². The maximum absolute atomic E-state index is 8.69. The zero-order valence-electron chi connectivity index (χ0n) is 8.52. The Kier molecular flexibility index (Phi) is 3.54. The van der Waals surface area contributed by atoms with Crippen LogP contribution in [-0.4, -0.2) is 7.11 Å². The van der Waals surface area contributed by atoms with Crippen LogP contribution < -0.4 is 4.74 Å². The summed E-state index contributed by atoms with van der Waals surface area (Å²) in [5.74, 6) is 0.874. The van der Waals surface area contributed by atoms with Gasteiger partial charge < -0.3 is 4.74 Å². The number of halogens is 1. The van der Waals surface area contributed by atoms with Crippen molar-refractivity contribution in [2.24, 2.45) is 0 Å². The van der Waals surface area contributed by atoms with Crippen molar-refractivity contribution in [2.45, 2.75) is 20.3 Å². The standard InChI is InChI=1S/C11H12BrNO/c1-7-6-10(12)9(4-5-13)8(2)11(7)14-3/h6H,4H2,1-3H3. The molecule has 0 aliphatic rings. The largest absolute Gasteiger partial charge is 0.496 e. The van der Waals surface area contributed by atoms with Gasteiger partial charge in [-0.05, 0) is 36.6 Å². The summed E-state index contributed by atoms with van der Waals surface area (Å²) in [6.45, 7) is 3.97. The van der Waals surface area contributed by atoms with E-state index in [1.54, 1.807) is 7.11 Å². The number of aryl methyl sites for hydroxylation is 1. The van der Waals surface area contributed by atoms with E-state index in [1.165, 1.54) is 0 Å². The molecule has 0 aliphatic heterocycles. The summed E-state index contributed by atoms with van der Waals surface area (Å²) in [6.07, 6.45) is 0.406. The molecule has 2 nitrogen and oxygen atoms in total. The average Bonchev–Trinajstić information content (AvgIpc) is 2.12. The fourth-order valence-corrected chi connectivity index (χ4v) is 2.35. The first-order chi connectivity index (χ1) is 6.61. The molecule has 0 saturated heterocycles. The molecule has 0 saturated carbocycles. The minimum absolute atomic E-state index is 0.406. The van der Waals surface area contributed by atoms with Crippen LogP contribution in [0.4, 0.5) is 0 Å². The predicted octanol–water partition coefficient (Wildman–Crippen LogP) is 3.14. The smallest absolute Gasteiger partial charge is 0.125 e. The molecule has 0 heterocycles. The zero-order valence-corrected chi connectivity index (χ0v) is 10.1. The molecule has 3 heteroatoms. The normalized spacial score (nSPS) is 9.64. The minimum Gasteiger partial charge on any atom is -0.496 e. The Morgan fingerprint density at radius 3 is 2.64 bits per heavy atom. The lowest BCUT2D eigenvalue weighted by Gasteiger charge is -2.13. The highest BCUT2D eigenvalue weighted by molar-refractivity contribution is 9.10. The van der Waals surface area contributed by atoms with E-state index in [0.29, 0.717) is 6.42 Å². The molecular weight excluding hydrogens is 242 g/mol. The van der Waals surface area contributed by atoms with Crippen molar-refractivity contribution in [1.29, 1.82) is 5.26 Å². The van der Waals surface area contributed by atoms with Gasteiger partial charge in [-0.15, -0.1) is 0 Å². The lowest BCUT2D eigenvalue weighted by molar-refractivity contribution is 0.408. The first kappa shape index (κ1) is 11.1. The first-order valence-corrected chi connectivity index (χ1v) is 5.10. The van der Waals surface area contributed by atoms with E-state index in [1.807, 2.05) is 19.9 Å². The topological polar surface area (TPSA) is 33.0 Å². The highest BCUT2D eigenvalue weighted by Crippen LogP contribution is 2.32. The third kappa shape index (κ3) is 1.91. The monoisotopic (exact) mass is 253 g/mol. The average molecular weight is 254 g/mol. The maximum Gasteiger partial charge on any atom is 0.125 e. The van der Waals surface area contributed by atoms with Gasteiger partial charge in [-0.1, -0.05) is 15.9 Å². The Morgan fingerprint density at radius 1 is 1.50 bits per heavy atom. The van der Waals surface area contributed by atoms with Gasteiger partial charge in [0, 0.05) is 4.47 Å². The van der Waals surface area contributed by atoms with E-state index in [2.05, 4.69) is 22.0 Å². The van der Waals surface area contributed by atoms with Crippen molar-refractivity contribution in [3.63, 3.8) is 0 Å². The zero-order chi connectivity index (χ0) is 10.7. The first-order valence-electron chi connectivity index (χ1n) is 4.31. The Balaban J connectivity index is 3.37. The van der Waals surface area contributed by atoms with Crippen LogP contribution >= 0.6 is 15.9 Å². The summed E-state index contributed by atoms with van der Waals surface area (Å²) in [5, 5.41) is 8.69. The fraction of sp³-hybridized carbons (Fsp3) is 0.364. The summed E-state index contributed by atoms with van der Waals surface area (Å²) < 4.78 is 6.27. The van der Waals surface area contributed by atoms with Gasteiger partial charge in [0.1, 0.15) is 5.75 Å². The van der Waals surface area contributed by atoms with Crippen LogP contribution in [0, 0.1) is 25.2 Å². The minimum atomic E-state index is 0.406. The van der Waals surface area contributed by atoms with Crippen molar-refractivity contribution >= 4 is 15.9 Å². The van der Waals surface area contributed by atoms with Crippen molar-refractivity contribution < 1.29 is 4.74 Å². The van der Waals surface area contributed by atoms with Crippen LogP contribution in [0.1, 0.15) is 16.7 Å². The number of rotatable bonds is 2. The number of methoxy groups -OCH3 is 1. The number of benzene rings is 1. The lowest BCUT2D eigenvalue weighted by Crippen LogP contribution is -1.97. The van der Waals surface area contributed by atoms with E-state index in [-0.39, 0.29) is 0 Å². The van der Waals surface area contributed by atoms with Crippen LogP contribution in [0.15, 0.2) is 10.5 Å². The Bertz CT molecular complexity index is 393. The summed E-state index contributed by atoms with van der Waals surface area (Å²) in [5.41, 5.74) is 3.13. The molecule has 0 radical (unpaired) electrons. The Hall–Kier alpha value is -1.01. The van der Waals surface area contributed by atoms with Crippen LogP contribution in [0.2, 0.25) is 0 Å². The molecule has 0 N–H and O–H groups in total. The van der Waals surface area contributed by atoms with E-state index < -0.39 is 0 Å². The second-order valence-corrected chi connectivity index (χ2v) is 4.00. The van der Waals surface area contributed by atoms with Gasteiger partial charge in [0.2, 0.25) is 0 Å². The summed E-state index contributed by atoms with van der Waals surface area (Å²) in [4.78, 5) is 0. The van der Waals surface area contributed by atoms with E-state index in [0.717, 1.165) is 26.9 Å². The molecule has 0 bridgehead atoms. The number of ether oxygens (including phenoxy) is 1. The maximum atomic E-state index is 8.69. The highest BCUT2D eigenvalue weighted by atomic mass is 79.9. The number of hydrogen-bond acceptors (Lipinski definition) is 2. The number of hydrogen-bond donors (Lipinski definition) is 0. The molecule has 1 rings (SSSR count). The molecule has 0 amide bonds. The lowest BCUT2D eigenvalue weighted by atomic mass is 10.0. The Labute approximate surface area is 92.6 Å². The molecule has 74 valence electrons. The third-order valence-corrected chi connectivity index (χ3v) is 2.95. The summed E-state index contributed by atoms with van der Waals surface area (Å²) in [6, 6.07) is 4.14. The third-order valence-electron chi connectivity index (χ3n) is 2.24. The van der Waals surface area contributed by atoms with Gasteiger partial charge in [0.25, 0.3) is 0 Å². The van der Waals surface area contributed by atoms with Crippen LogP contribution in [0.5, 0.6) is 5.75 Å². The van der Waals surface area contributed by atoms with Gasteiger partial charge in [-0.2, -0.15) is 5.26 Å². The quantitative estimate of drug-likeness (QED) is 0.812. The molecular formula is C11H12BrNO. The number of nitriles is 1. The van der Waals surface area contributed by atoms with E-state index in [9.17, 15) is 0 Å². The summed E-state index contributed by atoms with van der Waals surface area (Å²) >= 11 is 3.46. The molecule has 1 aromatic carbocycles. The molecule has 0 unspecified atom stereocenters. The van der Waals surface area contributed by atoms with Crippen molar-refractivity contribution in [3.05, 3.63) is 27.2 Å². The second-order valence-electron chi connectivity index (χ2n) is 3.15. The van der Waals surface area contributed by atoms with Crippen molar-refractivity contribution in [1.82, 2.24) is 0 Å². The van der Waals surface area contributed by atoms with Crippen molar-refractivity contribution in [3.8, 4) is 11.8 Å². The van der Waals surface area contributed by atoms with Crippen molar-refractivity contribution in [2.75, 3.05) is 7.11 Å². The summed E-state index contributed by atoms with van der Waals surface area (Å²) in [7, 11) is 1.65. The fourth-order valence-electron chi connectivity index (χ4n) is 1.56. The highest BCUT2D eigenvalue weighted by Gasteiger charge is 2.11. The van der Waals surface area contributed by atoms with Gasteiger partial charge in [-0.25, -0.2) is 0 Å². The van der Waals surface area contributed by atoms with Crippen LogP contribution in [-0.2, 0) is 6.42 Å². The van der Waals surface area contributed by atoms with Crippen LogP contribution in [0.3, 0.4) is 0 Å². The molecule has 0 aromatic heterocycles. The Morgan fingerprint density at radius 2 is 2.14 bits per heavy atom. The molecule has 0 spiro atoms. The molecule has 0 aliphatic carbocycles. The van der Waals surface area contributed by atoms with Gasteiger partial charge in [0.15, 0.2) is 0 Å². The van der Waals surface area contributed by atoms with E-state index in [4.69, 9.17) is 10.00 Å². The molecule has 0 atom stereocenters. The molecule has 1 aromatic rings. The molecule has 0 fully saturated rings. The van der Waals surface area contributed by atoms with Gasteiger partial charge in [0.05, 0.1) is 19.6 Å². The number of nitrogens with zero attached hydrogens (tertiary/aromatic N) is 1. The molecule has 14 heavy (non-hydrogen) atoms. The SMILES string of the molecule is COc1c(C)cc(Br)c(CC#N)c1C. The predicted molar refractivity (Wildman–Crippen MR) is 59.5 cm³/mol. The van der Waals surface area contributed by atoms with Gasteiger partial charge >= 0.3 is 0 Å². The second kappa shape index (κ2) is 4.47. The van der Waals surface area contributed by atoms with E-state index >= 15 is 0 Å². The van der Waals surface area contributed by atoms with Gasteiger partial charge in [-0.3, -0.25) is 0 Å².